The normalized spacial score (nSPS) is 9.95. The van der Waals surface area contributed by atoms with Crippen LogP contribution >= 0.6 is 0 Å². The van der Waals surface area contributed by atoms with Crippen molar-refractivity contribution in [1.82, 2.24) is 0 Å². The Balaban J connectivity index is 1.79. The molecular formula is C17H18N2O2. The van der Waals surface area contributed by atoms with E-state index in [1.807, 2.05) is 61.5 Å². The third-order valence-electron chi connectivity index (χ3n) is 3.06. The van der Waals surface area contributed by atoms with Gasteiger partial charge in [-0.25, -0.2) is 0 Å². The molecule has 2 N–H and O–H groups in total. The SMILES string of the molecule is Cc1ccccc1NC(=O)CCC(=O)Nc1ccccc1. The average molecular weight is 282 g/mol. The third-order valence-corrected chi connectivity index (χ3v) is 3.06. The first kappa shape index (κ1) is 14.8. The fourth-order valence-electron chi connectivity index (χ4n) is 1.90. The second-order valence-corrected chi connectivity index (χ2v) is 4.78. The van der Waals surface area contributed by atoms with Gasteiger partial charge in [0.2, 0.25) is 11.8 Å². The maximum atomic E-state index is 11.8. The van der Waals surface area contributed by atoms with Crippen molar-refractivity contribution in [3.8, 4) is 0 Å². The molecule has 21 heavy (non-hydrogen) atoms. The topological polar surface area (TPSA) is 58.2 Å². The molecule has 0 fully saturated rings. The van der Waals surface area contributed by atoms with Crippen molar-refractivity contribution < 1.29 is 9.59 Å². The van der Waals surface area contributed by atoms with Gasteiger partial charge in [0, 0.05) is 24.2 Å². The van der Waals surface area contributed by atoms with Gasteiger partial charge < -0.3 is 10.6 Å². The summed E-state index contributed by atoms with van der Waals surface area (Å²) in [5.74, 6) is -0.325. The molecule has 0 atom stereocenters. The first-order valence-electron chi connectivity index (χ1n) is 6.85. The van der Waals surface area contributed by atoms with E-state index in [1.54, 1.807) is 0 Å². The molecule has 0 radical (unpaired) electrons. The van der Waals surface area contributed by atoms with E-state index < -0.39 is 0 Å². The van der Waals surface area contributed by atoms with Gasteiger partial charge in [-0.1, -0.05) is 36.4 Å². The molecule has 0 saturated heterocycles. The van der Waals surface area contributed by atoms with Crippen molar-refractivity contribution in [2.75, 3.05) is 10.6 Å². The van der Waals surface area contributed by atoms with Crippen molar-refractivity contribution in [2.24, 2.45) is 0 Å². The molecule has 2 aromatic carbocycles. The molecule has 0 aromatic heterocycles. The van der Waals surface area contributed by atoms with E-state index in [-0.39, 0.29) is 24.7 Å². The minimum Gasteiger partial charge on any atom is -0.326 e. The highest BCUT2D eigenvalue weighted by Gasteiger charge is 2.08. The lowest BCUT2D eigenvalue weighted by Crippen LogP contribution is -2.17. The van der Waals surface area contributed by atoms with Gasteiger partial charge >= 0.3 is 0 Å². The van der Waals surface area contributed by atoms with Crippen LogP contribution in [0, 0.1) is 6.92 Å². The molecule has 2 rings (SSSR count). The number of carbonyl (C=O) groups excluding carboxylic acids is 2. The Kier molecular flexibility index (Phi) is 5.10. The van der Waals surface area contributed by atoms with Crippen molar-refractivity contribution >= 4 is 23.2 Å². The summed E-state index contributed by atoms with van der Waals surface area (Å²) >= 11 is 0. The predicted molar refractivity (Wildman–Crippen MR) is 84.1 cm³/mol. The molecule has 0 saturated carbocycles. The minimum atomic E-state index is -0.166. The predicted octanol–water partition coefficient (Wildman–Crippen LogP) is 3.35. The lowest BCUT2D eigenvalue weighted by Gasteiger charge is -2.08. The fraction of sp³-hybridized carbons (Fsp3) is 0.176. The van der Waals surface area contributed by atoms with Gasteiger partial charge in [-0.3, -0.25) is 9.59 Å². The van der Waals surface area contributed by atoms with Gasteiger partial charge in [-0.05, 0) is 30.7 Å². The number of para-hydroxylation sites is 2. The zero-order valence-electron chi connectivity index (χ0n) is 11.9. The second kappa shape index (κ2) is 7.24. The van der Waals surface area contributed by atoms with Crippen LogP contribution < -0.4 is 10.6 Å². The van der Waals surface area contributed by atoms with E-state index in [1.165, 1.54) is 0 Å². The zero-order valence-corrected chi connectivity index (χ0v) is 11.9. The smallest absolute Gasteiger partial charge is 0.224 e. The number of benzene rings is 2. The highest BCUT2D eigenvalue weighted by atomic mass is 16.2. The number of amides is 2. The molecular weight excluding hydrogens is 264 g/mol. The van der Waals surface area contributed by atoms with E-state index in [0.29, 0.717) is 0 Å². The van der Waals surface area contributed by atoms with Crippen molar-refractivity contribution in [1.29, 1.82) is 0 Å². The fourth-order valence-corrected chi connectivity index (χ4v) is 1.90. The number of carbonyl (C=O) groups is 2. The maximum absolute atomic E-state index is 11.8. The van der Waals surface area contributed by atoms with Crippen LogP contribution in [-0.2, 0) is 9.59 Å². The van der Waals surface area contributed by atoms with Gasteiger partial charge in [-0.15, -0.1) is 0 Å². The molecule has 0 aliphatic heterocycles. The minimum absolute atomic E-state index is 0.159. The second-order valence-electron chi connectivity index (χ2n) is 4.78. The molecule has 0 bridgehead atoms. The molecule has 108 valence electrons. The Morgan fingerprint density at radius 2 is 1.38 bits per heavy atom. The van der Waals surface area contributed by atoms with E-state index in [4.69, 9.17) is 0 Å². The molecule has 4 nitrogen and oxygen atoms in total. The highest BCUT2D eigenvalue weighted by Crippen LogP contribution is 2.13. The van der Waals surface area contributed by atoms with Gasteiger partial charge in [0.25, 0.3) is 0 Å². The quantitative estimate of drug-likeness (QED) is 0.883. The molecule has 0 spiro atoms. The molecule has 0 aliphatic carbocycles. The van der Waals surface area contributed by atoms with Crippen LogP contribution in [0.2, 0.25) is 0 Å². The van der Waals surface area contributed by atoms with E-state index >= 15 is 0 Å². The van der Waals surface area contributed by atoms with Crippen LogP contribution in [0.3, 0.4) is 0 Å². The lowest BCUT2D eigenvalue weighted by molar-refractivity contribution is -0.121. The Bertz CT molecular complexity index is 624. The number of nitrogens with one attached hydrogen (secondary N) is 2. The standard InChI is InChI=1S/C17H18N2O2/c1-13-7-5-6-10-15(13)19-17(21)12-11-16(20)18-14-8-3-2-4-9-14/h2-10H,11-12H2,1H3,(H,18,20)(H,19,21). The van der Waals surface area contributed by atoms with E-state index in [0.717, 1.165) is 16.9 Å². The van der Waals surface area contributed by atoms with Gasteiger partial charge in [-0.2, -0.15) is 0 Å². The van der Waals surface area contributed by atoms with Crippen LogP contribution in [-0.4, -0.2) is 11.8 Å². The Morgan fingerprint density at radius 3 is 2.05 bits per heavy atom. The number of hydrogen-bond donors (Lipinski definition) is 2. The number of aryl methyl sites for hydroxylation is 1. The summed E-state index contributed by atoms with van der Waals surface area (Å²) in [6.45, 7) is 1.93. The Labute approximate surface area is 124 Å². The Morgan fingerprint density at radius 1 is 0.810 bits per heavy atom. The first-order valence-corrected chi connectivity index (χ1v) is 6.85. The number of rotatable bonds is 5. The summed E-state index contributed by atoms with van der Waals surface area (Å²) in [4.78, 5) is 23.6. The zero-order chi connectivity index (χ0) is 15.1. The van der Waals surface area contributed by atoms with Crippen LogP contribution in [0.5, 0.6) is 0 Å². The lowest BCUT2D eigenvalue weighted by atomic mass is 10.2. The summed E-state index contributed by atoms with van der Waals surface area (Å²) in [5.41, 5.74) is 2.52. The Hall–Kier alpha value is -2.62. The number of anilines is 2. The maximum Gasteiger partial charge on any atom is 0.224 e. The van der Waals surface area contributed by atoms with Crippen LogP contribution in [0.25, 0.3) is 0 Å². The van der Waals surface area contributed by atoms with Gasteiger partial charge in [0.05, 0.1) is 0 Å². The summed E-state index contributed by atoms with van der Waals surface area (Å²) < 4.78 is 0. The highest BCUT2D eigenvalue weighted by molar-refractivity contribution is 5.97. The van der Waals surface area contributed by atoms with Crippen molar-refractivity contribution in [3.05, 3.63) is 60.2 Å². The molecule has 0 aliphatic rings. The molecule has 0 heterocycles. The molecule has 0 unspecified atom stereocenters. The van der Waals surface area contributed by atoms with Crippen LogP contribution in [0.4, 0.5) is 11.4 Å². The first-order chi connectivity index (χ1) is 10.1. The average Bonchev–Trinajstić information content (AvgIpc) is 2.49. The largest absolute Gasteiger partial charge is 0.326 e. The third kappa shape index (κ3) is 4.76. The van der Waals surface area contributed by atoms with Gasteiger partial charge in [0.1, 0.15) is 0 Å². The summed E-state index contributed by atoms with van der Waals surface area (Å²) in [7, 11) is 0. The summed E-state index contributed by atoms with van der Waals surface area (Å²) in [6, 6.07) is 16.8. The van der Waals surface area contributed by atoms with Crippen LogP contribution in [0.15, 0.2) is 54.6 Å². The van der Waals surface area contributed by atoms with Crippen molar-refractivity contribution in [2.45, 2.75) is 19.8 Å². The summed E-state index contributed by atoms with van der Waals surface area (Å²) in [5, 5.41) is 5.56. The van der Waals surface area contributed by atoms with Crippen molar-refractivity contribution in [3.63, 3.8) is 0 Å². The monoisotopic (exact) mass is 282 g/mol. The summed E-state index contributed by atoms with van der Waals surface area (Å²) in [6.07, 6.45) is 0.319. The molecule has 2 aromatic rings. The molecule has 2 amide bonds. The number of hydrogen-bond acceptors (Lipinski definition) is 2. The van der Waals surface area contributed by atoms with Gasteiger partial charge in [0.15, 0.2) is 0 Å². The van der Waals surface area contributed by atoms with E-state index in [2.05, 4.69) is 10.6 Å². The van der Waals surface area contributed by atoms with Crippen LogP contribution in [0.1, 0.15) is 18.4 Å². The van der Waals surface area contributed by atoms with E-state index in [9.17, 15) is 9.59 Å². The molecule has 4 heteroatoms.